The van der Waals surface area contributed by atoms with Crippen molar-refractivity contribution >= 4 is 23.5 Å². The van der Waals surface area contributed by atoms with Crippen LogP contribution in [0.1, 0.15) is 24.1 Å². The normalized spacial score (nSPS) is 17.8. The van der Waals surface area contributed by atoms with E-state index in [1.165, 1.54) is 11.3 Å². The van der Waals surface area contributed by atoms with E-state index in [1.54, 1.807) is 6.20 Å². The molecule has 3 N–H and O–H groups in total. The number of rotatable bonds is 6. The van der Waals surface area contributed by atoms with Gasteiger partial charge in [0.2, 0.25) is 5.95 Å². The number of aromatic nitrogens is 3. The summed E-state index contributed by atoms with van der Waals surface area (Å²) in [5, 5.41) is 16.1. The number of anilines is 3. The third kappa shape index (κ3) is 4.35. The number of fused-ring (bicyclic) bond motifs is 1. The Morgan fingerprint density at radius 2 is 2.12 bits per heavy atom. The summed E-state index contributed by atoms with van der Waals surface area (Å²) in [5.74, 6) is 1.82. The molecule has 4 heterocycles. The molecule has 3 aromatic rings. The highest BCUT2D eigenvalue weighted by Gasteiger charge is 2.26. The van der Waals surface area contributed by atoms with Gasteiger partial charge in [-0.05, 0) is 37.1 Å². The van der Waals surface area contributed by atoms with Gasteiger partial charge in [0.15, 0.2) is 12.2 Å². The van der Waals surface area contributed by atoms with Crippen LogP contribution in [0.25, 0.3) is 11.3 Å². The second kappa shape index (κ2) is 8.83. The molecule has 166 valence electrons. The summed E-state index contributed by atoms with van der Waals surface area (Å²) in [5.41, 5.74) is 3.43. The van der Waals surface area contributed by atoms with Crippen LogP contribution in [0.3, 0.4) is 0 Å². The molecule has 10 heteroatoms. The molecule has 5 rings (SSSR count). The van der Waals surface area contributed by atoms with Crippen molar-refractivity contribution < 1.29 is 19.1 Å². The standard InChI is InChI=1S/C22H24N6O4/c29-22(30)28-8-7-18-17(12-28)20(24-10-16-2-1-9-31-16)27-21(26-18)25-15-5-3-14(4-6-15)19-11-23-13-32-19/h3-6,11,13,16H,1-2,7-10,12H2,(H,29,30)(H2,24,25,26,27). The van der Waals surface area contributed by atoms with Crippen molar-refractivity contribution in [2.75, 3.05) is 30.3 Å². The Kier molecular flexibility index (Phi) is 5.59. The maximum Gasteiger partial charge on any atom is 0.407 e. The molecular formula is C22H24N6O4. The number of nitrogens with one attached hydrogen (secondary N) is 2. The van der Waals surface area contributed by atoms with E-state index in [9.17, 15) is 9.90 Å². The molecule has 2 aliphatic heterocycles. The fourth-order valence-electron chi connectivity index (χ4n) is 4.00. The first-order valence-electron chi connectivity index (χ1n) is 10.6. The summed E-state index contributed by atoms with van der Waals surface area (Å²) < 4.78 is 11.0. The van der Waals surface area contributed by atoms with Gasteiger partial charge in [-0.15, -0.1) is 0 Å². The van der Waals surface area contributed by atoms with E-state index in [0.29, 0.717) is 37.0 Å². The number of amides is 1. The van der Waals surface area contributed by atoms with E-state index in [4.69, 9.17) is 9.15 Å². The Bertz CT molecular complexity index is 1080. The van der Waals surface area contributed by atoms with Gasteiger partial charge in [-0.2, -0.15) is 4.98 Å². The van der Waals surface area contributed by atoms with Crippen LogP contribution >= 0.6 is 0 Å². The van der Waals surface area contributed by atoms with Gasteiger partial charge in [-0.3, -0.25) is 0 Å². The fourth-order valence-corrected chi connectivity index (χ4v) is 4.00. The predicted molar refractivity (Wildman–Crippen MR) is 117 cm³/mol. The van der Waals surface area contributed by atoms with Crippen molar-refractivity contribution in [1.29, 1.82) is 0 Å². The number of nitrogens with zero attached hydrogens (tertiary/aromatic N) is 4. The molecule has 0 spiro atoms. The van der Waals surface area contributed by atoms with Crippen molar-refractivity contribution in [2.24, 2.45) is 0 Å². The van der Waals surface area contributed by atoms with Crippen LogP contribution in [0.15, 0.2) is 41.3 Å². The number of oxazole rings is 1. The summed E-state index contributed by atoms with van der Waals surface area (Å²) >= 11 is 0. The van der Waals surface area contributed by atoms with Crippen LogP contribution in [0.5, 0.6) is 0 Å². The third-order valence-corrected chi connectivity index (χ3v) is 5.71. The lowest BCUT2D eigenvalue weighted by atomic mass is 10.1. The molecule has 1 unspecified atom stereocenters. The molecule has 0 bridgehead atoms. The van der Waals surface area contributed by atoms with Crippen molar-refractivity contribution in [3.63, 3.8) is 0 Å². The van der Waals surface area contributed by atoms with Crippen LogP contribution in [-0.2, 0) is 17.7 Å². The number of benzene rings is 1. The molecule has 1 fully saturated rings. The number of ether oxygens (including phenoxy) is 1. The number of hydrogen-bond donors (Lipinski definition) is 3. The average Bonchev–Trinajstić information content (AvgIpc) is 3.52. The first kappa shape index (κ1) is 20.3. The first-order chi connectivity index (χ1) is 15.7. The molecule has 0 aliphatic carbocycles. The van der Waals surface area contributed by atoms with E-state index in [0.717, 1.165) is 42.0 Å². The fraction of sp³-hybridized carbons (Fsp3) is 0.364. The smallest absolute Gasteiger partial charge is 0.407 e. The van der Waals surface area contributed by atoms with Gasteiger partial charge in [0.25, 0.3) is 0 Å². The van der Waals surface area contributed by atoms with E-state index in [-0.39, 0.29) is 12.6 Å². The van der Waals surface area contributed by atoms with Gasteiger partial charge in [0.05, 0.1) is 24.5 Å². The zero-order chi connectivity index (χ0) is 21.9. The lowest BCUT2D eigenvalue weighted by Crippen LogP contribution is -2.36. The summed E-state index contributed by atoms with van der Waals surface area (Å²) in [6.07, 6.45) is 4.87. The highest BCUT2D eigenvalue weighted by molar-refractivity contribution is 5.67. The van der Waals surface area contributed by atoms with Crippen molar-refractivity contribution in [3.05, 3.63) is 48.1 Å². The van der Waals surface area contributed by atoms with Crippen molar-refractivity contribution in [1.82, 2.24) is 19.9 Å². The van der Waals surface area contributed by atoms with Gasteiger partial charge < -0.3 is 29.8 Å². The molecular weight excluding hydrogens is 412 g/mol. The van der Waals surface area contributed by atoms with Crippen LogP contribution < -0.4 is 10.6 Å². The minimum Gasteiger partial charge on any atom is -0.465 e. The van der Waals surface area contributed by atoms with Gasteiger partial charge in [-0.25, -0.2) is 14.8 Å². The minimum atomic E-state index is -0.935. The second-order valence-corrected chi connectivity index (χ2v) is 7.86. The van der Waals surface area contributed by atoms with Crippen LogP contribution in [0.4, 0.5) is 22.2 Å². The number of carboxylic acid groups (broad SMARTS) is 1. The molecule has 1 atom stereocenters. The van der Waals surface area contributed by atoms with E-state index < -0.39 is 6.09 Å². The second-order valence-electron chi connectivity index (χ2n) is 7.86. The van der Waals surface area contributed by atoms with E-state index >= 15 is 0 Å². The zero-order valence-electron chi connectivity index (χ0n) is 17.5. The molecule has 0 saturated carbocycles. The summed E-state index contributed by atoms with van der Waals surface area (Å²) in [6, 6.07) is 7.71. The summed E-state index contributed by atoms with van der Waals surface area (Å²) in [6.45, 7) is 2.08. The van der Waals surface area contributed by atoms with E-state index in [1.807, 2.05) is 24.3 Å². The topological polar surface area (TPSA) is 126 Å². The minimum absolute atomic E-state index is 0.139. The number of carbonyl (C=O) groups is 1. The number of hydrogen-bond acceptors (Lipinski definition) is 8. The SMILES string of the molecule is O=C(O)N1CCc2nc(Nc3ccc(-c4cnco4)cc3)nc(NCC3CCCO3)c2C1. The molecule has 2 aromatic heterocycles. The van der Waals surface area contributed by atoms with Crippen LogP contribution in [-0.4, -0.2) is 56.9 Å². The maximum atomic E-state index is 11.5. The highest BCUT2D eigenvalue weighted by Crippen LogP contribution is 2.28. The van der Waals surface area contributed by atoms with Gasteiger partial charge in [0, 0.05) is 42.9 Å². The van der Waals surface area contributed by atoms with Crippen molar-refractivity contribution in [2.45, 2.75) is 31.9 Å². The first-order valence-corrected chi connectivity index (χ1v) is 10.6. The Morgan fingerprint density at radius 3 is 2.84 bits per heavy atom. The largest absolute Gasteiger partial charge is 0.465 e. The Labute approximate surface area is 184 Å². The van der Waals surface area contributed by atoms with Gasteiger partial charge in [0.1, 0.15) is 5.82 Å². The molecule has 32 heavy (non-hydrogen) atoms. The average molecular weight is 436 g/mol. The summed E-state index contributed by atoms with van der Waals surface area (Å²) in [7, 11) is 0. The third-order valence-electron chi connectivity index (χ3n) is 5.71. The predicted octanol–water partition coefficient (Wildman–Crippen LogP) is 3.50. The molecule has 2 aliphatic rings. The molecule has 1 aromatic carbocycles. The Morgan fingerprint density at radius 1 is 1.25 bits per heavy atom. The Hall–Kier alpha value is -3.66. The molecule has 0 radical (unpaired) electrons. The van der Waals surface area contributed by atoms with Gasteiger partial charge in [-0.1, -0.05) is 0 Å². The maximum absolute atomic E-state index is 11.5. The molecule has 1 saturated heterocycles. The monoisotopic (exact) mass is 436 g/mol. The van der Waals surface area contributed by atoms with Crippen molar-refractivity contribution in [3.8, 4) is 11.3 Å². The van der Waals surface area contributed by atoms with E-state index in [2.05, 4.69) is 25.6 Å². The molecule has 10 nitrogen and oxygen atoms in total. The lowest BCUT2D eigenvalue weighted by Gasteiger charge is -2.28. The Balaban J connectivity index is 1.38. The van der Waals surface area contributed by atoms with Crippen LogP contribution in [0.2, 0.25) is 0 Å². The summed E-state index contributed by atoms with van der Waals surface area (Å²) in [4.78, 5) is 26.2. The highest BCUT2D eigenvalue weighted by atomic mass is 16.5. The van der Waals surface area contributed by atoms with Gasteiger partial charge >= 0.3 is 6.09 Å². The quantitative estimate of drug-likeness (QED) is 0.532. The van der Waals surface area contributed by atoms with Crippen LogP contribution in [0, 0.1) is 0 Å². The zero-order valence-corrected chi connectivity index (χ0v) is 17.5. The molecule has 1 amide bonds. The lowest BCUT2D eigenvalue weighted by molar-refractivity contribution is 0.120.